The largest absolute Gasteiger partial charge is 1.00 e. The van der Waals surface area contributed by atoms with Crippen molar-refractivity contribution in [2.24, 2.45) is 0 Å². The third-order valence-corrected chi connectivity index (χ3v) is 6.66. The van der Waals surface area contributed by atoms with Crippen LogP contribution in [0.2, 0.25) is 0 Å². The van der Waals surface area contributed by atoms with E-state index in [0.29, 0.717) is 17.7 Å². The van der Waals surface area contributed by atoms with Gasteiger partial charge in [0.25, 0.3) is 10.1 Å². The van der Waals surface area contributed by atoms with E-state index in [2.05, 4.69) is 6.92 Å². The molecule has 178 valence electrons. The number of rotatable bonds is 16. The number of hydrogen-bond acceptors (Lipinski definition) is 4. The molecule has 0 amide bonds. The van der Waals surface area contributed by atoms with E-state index >= 15 is 0 Å². The minimum atomic E-state index is -4.38. The maximum Gasteiger partial charge on any atom is 1.00 e. The molecule has 0 saturated carbocycles. The van der Waals surface area contributed by atoms with Gasteiger partial charge in [-0.25, -0.2) is 0 Å². The van der Waals surface area contributed by atoms with Gasteiger partial charge < -0.3 is 9.84 Å². The van der Waals surface area contributed by atoms with Gasteiger partial charge in [0.2, 0.25) is 0 Å². The van der Waals surface area contributed by atoms with Gasteiger partial charge in [-0.1, -0.05) is 108 Å². The van der Waals surface area contributed by atoms with Crippen molar-refractivity contribution in [1.29, 1.82) is 0 Å². The molecular formula is C26H37KO5S. The molecule has 0 radical (unpaired) electrons. The van der Waals surface area contributed by atoms with Crippen LogP contribution in [0, 0.1) is 0 Å². The maximum absolute atomic E-state index is 12.0. The van der Waals surface area contributed by atoms with E-state index in [4.69, 9.17) is 4.74 Å². The predicted molar refractivity (Wildman–Crippen MR) is 127 cm³/mol. The first-order valence-electron chi connectivity index (χ1n) is 12.0. The molecule has 0 aromatic heterocycles. The van der Waals surface area contributed by atoms with E-state index in [1.165, 1.54) is 76.0 Å². The summed E-state index contributed by atoms with van der Waals surface area (Å²) >= 11 is 0. The molecule has 0 heterocycles. The van der Waals surface area contributed by atoms with Gasteiger partial charge in [-0.2, -0.15) is 8.42 Å². The Kier molecular flexibility index (Phi) is 15.9. The third kappa shape index (κ3) is 11.7. The fourth-order valence-corrected chi connectivity index (χ4v) is 4.69. The molecule has 1 N–H and O–H groups in total. The predicted octanol–water partition coefficient (Wildman–Crippen LogP) is 4.05. The van der Waals surface area contributed by atoms with Crippen molar-refractivity contribution in [3.8, 4) is 17.2 Å². The van der Waals surface area contributed by atoms with Crippen LogP contribution in [0.5, 0.6) is 17.2 Å². The van der Waals surface area contributed by atoms with Crippen molar-refractivity contribution in [2.75, 3.05) is 0 Å². The van der Waals surface area contributed by atoms with E-state index in [9.17, 15) is 18.1 Å². The van der Waals surface area contributed by atoms with Crippen molar-refractivity contribution < 1.29 is 74.2 Å². The van der Waals surface area contributed by atoms with Gasteiger partial charge >= 0.3 is 51.4 Å². The molecule has 33 heavy (non-hydrogen) atoms. The quantitative estimate of drug-likeness (QED) is 0.213. The zero-order chi connectivity index (χ0) is 23.2. The minimum absolute atomic E-state index is 0. The monoisotopic (exact) mass is 500 g/mol. The Balaban J connectivity index is 0.00000544. The van der Waals surface area contributed by atoms with Crippen LogP contribution in [0.25, 0.3) is 0 Å². The Morgan fingerprint density at radius 1 is 0.758 bits per heavy atom. The first kappa shape index (κ1) is 30.6. The van der Waals surface area contributed by atoms with Crippen molar-refractivity contribution >= 4 is 10.1 Å². The SMILES string of the molecule is CCCCCCCCCCCCCCc1c(Oc2ccccc2[O-])cccc1S(=O)(=O)O.[K+]. The average molecular weight is 501 g/mol. The average Bonchev–Trinajstić information content (AvgIpc) is 2.76. The second kappa shape index (κ2) is 17.1. The summed E-state index contributed by atoms with van der Waals surface area (Å²) in [5.41, 5.74) is 0.422. The summed E-state index contributed by atoms with van der Waals surface area (Å²) < 4.78 is 39.2. The fourth-order valence-electron chi connectivity index (χ4n) is 3.92. The second-order valence-electron chi connectivity index (χ2n) is 8.40. The van der Waals surface area contributed by atoms with Gasteiger partial charge in [0.05, 0.1) is 0 Å². The molecule has 0 aliphatic carbocycles. The normalized spacial score (nSPS) is 11.2. The van der Waals surface area contributed by atoms with Crippen LogP contribution in [0.3, 0.4) is 0 Å². The van der Waals surface area contributed by atoms with E-state index in [-0.39, 0.29) is 67.8 Å². The molecule has 2 rings (SSSR count). The van der Waals surface area contributed by atoms with Gasteiger partial charge in [0.1, 0.15) is 16.4 Å². The van der Waals surface area contributed by atoms with Crippen molar-refractivity contribution in [2.45, 2.75) is 95.3 Å². The standard InChI is InChI=1S/C26H38O5S.K/c1-2-3-4-5-6-7-8-9-10-11-12-13-17-22-24(20-16-21-26(22)32(28,29)30)31-25-19-15-14-18-23(25)27;/h14-16,18-21,27H,2-13,17H2,1H3,(H,28,29,30);/q;+1/p-1. The van der Waals surface area contributed by atoms with Crippen molar-refractivity contribution in [1.82, 2.24) is 0 Å². The van der Waals surface area contributed by atoms with Crippen molar-refractivity contribution in [3.05, 3.63) is 48.0 Å². The number of benzene rings is 2. The van der Waals surface area contributed by atoms with Crippen LogP contribution in [-0.2, 0) is 16.5 Å². The van der Waals surface area contributed by atoms with Crippen LogP contribution in [-0.4, -0.2) is 13.0 Å². The molecule has 2 aromatic rings. The zero-order valence-corrected chi connectivity index (χ0v) is 24.2. The Bertz CT molecular complexity index is 915. The molecule has 0 aliphatic heterocycles. The van der Waals surface area contributed by atoms with Gasteiger partial charge in [-0.05, 0) is 31.0 Å². The summed E-state index contributed by atoms with van der Waals surface area (Å²) in [4.78, 5) is -0.151. The molecule has 0 aliphatic rings. The molecule has 0 saturated heterocycles. The Labute approximate surface area is 242 Å². The second-order valence-corrected chi connectivity index (χ2v) is 9.79. The van der Waals surface area contributed by atoms with E-state index in [1.54, 1.807) is 24.3 Å². The zero-order valence-electron chi connectivity index (χ0n) is 20.2. The third-order valence-electron chi connectivity index (χ3n) is 5.72. The molecule has 2 aromatic carbocycles. The first-order chi connectivity index (χ1) is 15.4. The van der Waals surface area contributed by atoms with Gasteiger partial charge in [0, 0.05) is 5.56 Å². The smallest absolute Gasteiger partial charge is 0.870 e. The van der Waals surface area contributed by atoms with E-state index < -0.39 is 10.1 Å². The minimum Gasteiger partial charge on any atom is -0.870 e. The number of unbranched alkanes of at least 4 members (excludes halogenated alkanes) is 11. The Morgan fingerprint density at radius 2 is 1.27 bits per heavy atom. The number of hydrogen-bond donors (Lipinski definition) is 1. The molecule has 0 unspecified atom stereocenters. The van der Waals surface area contributed by atoms with Crippen LogP contribution in [0.4, 0.5) is 0 Å². The molecule has 0 spiro atoms. The molecule has 0 fully saturated rings. The topological polar surface area (TPSA) is 86.7 Å². The van der Waals surface area contributed by atoms with Crippen LogP contribution in [0.1, 0.15) is 89.5 Å². The van der Waals surface area contributed by atoms with Crippen LogP contribution >= 0.6 is 0 Å². The molecule has 5 nitrogen and oxygen atoms in total. The van der Waals surface area contributed by atoms with Crippen LogP contribution in [0.15, 0.2) is 47.4 Å². The van der Waals surface area contributed by atoms with Crippen LogP contribution < -0.4 is 61.2 Å². The molecule has 0 atom stereocenters. The number of ether oxygens (including phenoxy) is 1. The van der Waals surface area contributed by atoms with Gasteiger partial charge in [-0.15, -0.1) is 0 Å². The Morgan fingerprint density at radius 3 is 1.82 bits per heavy atom. The molecule has 0 bridgehead atoms. The van der Waals surface area contributed by atoms with Gasteiger partial charge in [-0.3, -0.25) is 4.55 Å². The molecular weight excluding hydrogens is 463 g/mol. The van der Waals surface area contributed by atoms with E-state index in [0.717, 1.165) is 19.3 Å². The summed E-state index contributed by atoms with van der Waals surface area (Å²) in [5.74, 6) is 0.156. The molecule has 7 heteroatoms. The van der Waals surface area contributed by atoms with Crippen molar-refractivity contribution in [3.63, 3.8) is 0 Å². The first-order valence-corrected chi connectivity index (χ1v) is 13.4. The van der Waals surface area contributed by atoms with Gasteiger partial charge in [0.15, 0.2) is 0 Å². The summed E-state index contributed by atoms with van der Waals surface area (Å²) in [6, 6.07) is 10.8. The Hall–Kier alpha value is -0.414. The summed E-state index contributed by atoms with van der Waals surface area (Å²) in [6.45, 7) is 2.24. The fraction of sp³-hybridized carbons (Fsp3) is 0.538. The number of para-hydroxylation sites is 2. The summed E-state index contributed by atoms with van der Waals surface area (Å²) in [5, 5.41) is 12.0. The van der Waals surface area contributed by atoms with E-state index in [1.807, 2.05) is 0 Å². The maximum atomic E-state index is 12.0. The summed E-state index contributed by atoms with van der Waals surface area (Å²) in [6.07, 6.45) is 15.0. The summed E-state index contributed by atoms with van der Waals surface area (Å²) in [7, 11) is -4.38.